The van der Waals surface area contributed by atoms with Gasteiger partial charge in [-0.1, -0.05) is 23.8 Å². The van der Waals surface area contributed by atoms with Crippen LogP contribution >= 0.6 is 0 Å². The second kappa shape index (κ2) is 10.5. The van der Waals surface area contributed by atoms with Crippen molar-refractivity contribution >= 4 is 23.2 Å². The number of amides is 1. The molecule has 0 radical (unpaired) electrons. The minimum Gasteiger partial charge on any atom is -0.492 e. The molecule has 0 aromatic heterocycles. The van der Waals surface area contributed by atoms with Gasteiger partial charge in [0, 0.05) is 50.5 Å². The van der Waals surface area contributed by atoms with E-state index in [1.165, 1.54) is 18.2 Å². The molecule has 0 saturated carbocycles. The van der Waals surface area contributed by atoms with Gasteiger partial charge in [-0.05, 0) is 37.6 Å². The van der Waals surface area contributed by atoms with Gasteiger partial charge in [0.2, 0.25) is 5.91 Å². The Kier molecular flexibility index (Phi) is 7.54. The van der Waals surface area contributed by atoms with E-state index >= 15 is 0 Å². The lowest BCUT2D eigenvalue weighted by Crippen LogP contribution is -2.45. The maximum absolute atomic E-state index is 11.2. The van der Waals surface area contributed by atoms with Gasteiger partial charge in [-0.15, -0.1) is 0 Å². The molecule has 1 unspecified atom stereocenters. The SMILES string of the molecule is CN=C(NCCOc1cccc(NC(C)=O)c1)NC1CCN(c2ccc(C)cc2)C1. The van der Waals surface area contributed by atoms with Crippen molar-refractivity contribution in [3.63, 3.8) is 0 Å². The van der Waals surface area contributed by atoms with E-state index in [1.54, 1.807) is 7.05 Å². The number of aryl methyl sites for hydroxylation is 1. The minimum absolute atomic E-state index is 0.100. The molecule has 1 aliphatic heterocycles. The Morgan fingerprint density at radius 3 is 2.77 bits per heavy atom. The number of nitrogens with zero attached hydrogens (tertiary/aromatic N) is 2. The lowest BCUT2D eigenvalue weighted by Gasteiger charge is -2.20. The summed E-state index contributed by atoms with van der Waals surface area (Å²) >= 11 is 0. The predicted molar refractivity (Wildman–Crippen MR) is 123 cm³/mol. The van der Waals surface area contributed by atoms with Crippen LogP contribution in [0.5, 0.6) is 5.75 Å². The highest BCUT2D eigenvalue weighted by molar-refractivity contribution is 5.88. The van der Waals surface area contributed by atoms with E-state index in [1.807, 2.05) is 24.3 Å². The zero-order valence-corrected chi connectivity index (χ0v) is 17.9. The Bertz CT molecular complexity index is 866. The number of guanidine groups is 1. The van der Waals surface area contributed by atoms with Crippen molar-refractivity contribution in [3.05, 3.63) is 54.1 Å². The van der Waals surface area contributed by atoms with Crippen molar-refractivity contribution in [3.8, 4) is 5.75 Å². The molecule has 1 saturated heterocycles. The quantitative estimate of drug-likeness (QED) is 0.372. The molecule has 2 aromatic rings. The summed E-state index contributed by atoms with van der Waals surface area (Å²) in [6.45, 7) is 6.70. The van der Waals surface area contributed by atoms with E-state index in [2.05, 4.69) is 57.0 Å². The molecule has 1 aliphatic rings. The lowest BCUT2D eigenvalue weighted by molar-refractivity contribution is -0.114. The van der Waals surface area contributed by atoms with E-state index in [4.69, 9.17) is 4.74 Å². The molecular formula is C23H31N5O2. The summed E-state index contributed by atoms with van der Waals surface area (Å²) in [4.78, 5) is 17.9. The van der Waals surface area contributed by atoms with Gasteiger partial charge in [-0.3, -0.25) is 9.79 Å². The molecule has 7 heteroatoms. The van der Waals surface area contributed by atoms with Gasteiger partial charge in [0.05, 0.1) is 6.54 Å². The maximum atomic E-state index is 11.2. The summed E-state index contributed by atoms with van der Waals surface area (Å²) in [7, 11) is 1.78. The predicted octanol–water partition coefficient (Wildman–Crippen LogP) is 2.78. The first kappa shape index (κ1) is 21.5. The highest BCUT2D eigenvalue weighted by Gasteiger charge is 2.23. The Labute approximate surface area is 178 Å². The molecule has 3 N–H and O–H groups in total. The molecule has 0 spiro atoms. The number of aliphatic imine (C=N–C) groups is 1. The summed E-state index contributed by atoms with van der Waals surface area (Å²) in [5.41, 5.74) is 3.27. The fourth-order valence-electron chi connectivity index (χ4n) is 3.46. The van der Waals surface area contributed by atoms with Gasteiger partial charge < -0.3 is 25.6 Å². The van der Waals surface area contributed by atoms with E-state index in [0.717, 1.165) is 36.9 Å². The Balaban J connectivity index is 1.40. The van der Waals surface area contributed by atoms with Crippen molar-refractivity contribution in [2.75, 3.05) is 43.5 Å². The van der Waals surface area contributed by atoms with Crippen LogP contribution in [0, 0.1) is 6.92 Å². The van der Waals surface area contributed by atoms with Crippen LogP contribution in [0.3, 0.4) is 0 Å². The number of ether oxygens (including phenoxy) is 1. The van der Waals surface area contributed by atoms with Gasteiger partial charge in [0.1, 0.15) is 12.4 Å². The molecule has 7 nitrogen and oxygen atoms in total. The summed E-state index contributed by atoms with van der Waals surface area (Å²) in [5, 5.41) is 9.56. The molecule has 30 heavy (non-hydrogen) atoms. The highest BCUT2D eigenvalue weighted by Crippen LogP contribution is 2.20. The fourth-order valence-corrected chi connectivity index (χ4v) is 3.46. The monoisotopic (exact) mass is 409 g/mol. The molecule has 0 aliphatic carbocycles. The number of benzene rings is 2. The van der Waals surface area contributed by atoms with E-state index in [0.29, 0.717) is 19.2 Å². The number of nitrogens with one attached hydrogen (secondary N) is 3. The average Bonchev–Trinajstić information content (AvgIpc) is 3.19. The van der Waals surface area contributed by atoms with Crippen LogP contribution in [0.1, 0.15) is 18.9 Å². The summed E-state index contributed by atoms with van der Waals surface area (Å²) in [6, 6.07) is 16.4. The second-order valence-corrected chi connectivity index (χ2v) is 7.47. The largest absolute Gasteiger partial charge is 0.492 e. The first-order valence-electron chi connectivity index (χ1n) is 10.3. The normalized spacial score (nSPS) is 16.3. The fraction of sp³-hybridized carbons (Fsp3) is 0.391. The van der Waals surface area contributed by atoms with Crippen molar-refractivity contribution in [1.82, 2.24) is 10.6 Å². The smallest absolute Gasteiger partial charge is 0.221 e. The summed E-state index contributed by atoms with van der Waals surface area (Å²) in [5.74, 6) is 1.40. The van der Waals surface area contributed by atoms with Gasteiger partial charge in [-0.25, -0.2) is 0 Å². The van der Waals surface area contributed by atoms with Crippen LogP contribution in [-0.4, -0.2) is 51.2 Å². The first-order chi connectivity index (χ1) is 14.5. The highest BCUT2D eigenvalue weighted by atomic mass is 16.5. The Hall–Kier alpha value is -3.22. The van der Waals surface area contributed by atoms with E-state index in [9.17, 15) is 4.79 Å². The zero-order valence-electron chi connectivity index (χ0n) is 17.9. The molecule has 1 amide bonds. The molecule has 0 bridgehead atoms. The minimum atomic E-state index is -0.100. The van der Waals surface area contributed by atoms with Crippen LogP contribution in [0.25, 0.3) is 0 Å². The first-order valence-corrected chi connectivity index (χ1v) is 10.3. The van der Waals surface area contributed by atoms with Gasteiger partial charge >= 0.3 is 0 Å². The van der Waals surface area contributed by atoms with Crippen LogP contribution < -0.4 is 25.6 Å². The topological polar surface area (TPSA) is 78.0 Å². The van der Waals surface area contributed by atoms with Gasteiger partial charge in [0.25, 0.3) is 0 Å². The molecule has 2 aromatic carbocycles. The number of hydrogen-bond donors (Lipinski definition) is 3. The molecular weight excluding hydrogens is 378 g/mol. The third kappa shape index (κ3) is 6.40. The molecule has 3 rings (SSSR count). The van der Waals surface area contributed by atoms with Crippen LogP contribution in [0.15, 0.2) is 53.5 Å². The molecule has 1 heterocycles. The third-order valence-electron chi connectivity index (χ3n) is 4.97. The van der Waals surface area contributed by atoms with Gasteiger partial charge in [-0.2, -0.15) is 0 Å². The molecule has 160 valence electrons. The standard InChI is InChI=1S/C23H31N5O2/c1-17-7-9-21(10-8-17)28-13-11-20(16-28)27-23(24-3)25-12-14-30-22-6-4-5-19(15-22)26-18(2)29/h4-10,15,20H,11-14,16H2,1-3H3,(H,26,29)(H2,24,25,27). The van der Waals surface area contributed by atoms with Crippen LogP contribution in [0.2, 0.25) is 0 Å². The number of carbonyl (C=O) groups is 1. The number of anilines is 2. The lowest BCUT2D eigenvalue weighted by atomic mass is 10.2. The summed E-state index contributed by atoms with van der Waals surface area (Å²) < 4.78 is 5.77. The zero-order chi connectivity index (χ0) is 21.3. The Morgan fingerprint density at radius 2 is 2.03 bits per heavy atom. The number of rotatable bonds is 7. The number of hydrogen-bond acceptors (Lipinski definition) is 4. The van der Waals surface area contributed by atoms with Crippen molar-refractivity contribution in [1.29, 1.82) is 0 Å². The van der Waals surface area contributed by atoms with Gasteiger partial charge in [0.15, 0.2) is 5.96 Å². The average molecular weight is 410 g/mol. The van der Waals surface area contributed by atoms with Crippen molar-refractivity contribution < 1.29 is 9.53 Å². The van der Waals surface area contributed by atoms with Crippen LogP contribution in [0.4, 0.5) is 11.4 Å². The maximum Gasteiger partial charge on any atom is 0.221 e. The molecule has 1 fully saturated rings. The third-order valence-corrected chi connectivity index (χ3v) is 4.97. The summed E-state index contributed by atoms with van der Waals surface area (Å²) in [6.07, 6.45) is 1.07. The number of carbonyl (C=O) groups excluding carboxylic acids is 1. The van der Waals surface area contributed by atoms with E-state index < -0.39 is 0 Å². The molecule has 1 atom stereocenters. The van der Waals surface area contributed by atoms with Crippen LogP contribution in [-0.2, 0) is 4.79 Å². The second-order valence-electron chi connectivity index (χ2n) is 7.47. The Morgan fingerprint density at radius 1 is 1.23 bits per heavy atom. The van der Waals surface area contributed by atoms with E-state index in [-0.39, 0.29) is 5.91 Å². The van der Waals surface area contributed by atoms with Crippen molar-refractivity contribution in [2.24, 2.45) is 4.99 Å². The van der Waals surface area contributed by atoms with Crippen molar-refractivity contribution in [2.45, 2.75) is 26.3 Å².